The Labute approximate surface area is 163 Å². The summed E-state index contributed by atoms with van der Waals surface area (Å²) in [6.45, 7) is 6.91. The summed E-state index contributed by atoms with van der Waals surface area (Å²) >= 11 is 1.69. The van der Waals surface area contributed by atoms with E-state index in [2.05, 4.69) is 41.6 Å². The largest absolute Gasteiger partial charge is 0.508 e. The van der Waals surface area contributed by atoms with Crippen molar-refractivity contribution in [1.82, 2.24) is 9.88 Å². The predicted octanol–water partition coefficient (Wildman–Crippen LogP) is 5.74. The van der Waals surface area contributed by atoms with Crippen LogP contribution in [0.5, 0.6) is 5.75 Å². The molecule has 4 aromatic rings. The standard InChI is InChI=1S/C22H23N3OS/c1-3-25(4-2)14-15-13-16(9-10-20(15)26)23-22-21-18(11-12-27-21)17-7-5-6-8-19(17)24-22/h5-13,26H,3-4,14H2,1-2H3,(H,23,24). The molecule has 0 unspecified atom stereocenters. The highest BCUT2D eigenvalue weighted by molar-refractivity contribution is 7.18. The third-order valence-electron chi connectivity index (χ3n) is 4.94. The highest BCUT2D eigenvalue weighted by atomic mass is 32.1. The number of hydrogen-bond acceptors (Lipinski definition) is 5. The summed E-state index contributed by atoms with van der Waals surface area (Å²) in [5.74, 6) is 1.19. The van der Waals surface area contributed by atoms with Crippen molar-refractivity contribution >= 4 is 43.8 Å². The maximum absolute atomic E-state index is 10.3. The van der Waals surface area contributed by atoms with Crippen molar-refractivity contribution in [2.45, 2.75) is 20.4 Å². The van der Waals surface area contributed by atoms with Gasteiger partial charge in [0.2, 0.25) is 0 Å². The molecule has 138 valence electrons. The molecule has 0 aliphatic carbocycles. The van der Waals surface area contributed by atoms with Crippen LogP contribution in [0.3, 0.4) is 0 Å². The van der Waals surface area contributed by atoms with Crippen LogP contribution in [0.4, 0.5) is 11.5 Å². The Bertz CT molecular complexity index is 1090. The molecule has 2 aromatic heterocycles. The topological polar surface area (TPSA) is 48.4 Å². The molecule has 4 rings (SSSR count). The van der Waals surface area contributed by atoms with E-state index in [1.54, 1.807) is 17.4 Å². The molecule has 0 saturated heterocycles. The van der Waals surface area contributed by atoms with Gasteiger partial charge in [-0.1, -0.05) is 32.0 Å². The third kappa shape index (κ3) is 3.48. The number of fused-ring (bicyclic) bond motifs is 3. The first-order valence-corrected chi connectivity index (χ1v) is 10.1. The number of hydrogen-bond donors (Lipinski definition) is 2. The summed E-state index contributed by atoms with van der Waals surface area (Å²) in [4.78, 5) is 7.12. The van der Waals surface area contributed by atoms with Crippen LogP contribution in [-0.4, -0.2) is 28.1 Å². The van der Waals surface area contributed by atoms with Crippen LogP contribution in [0.15, 0.2) is 53.9 Å². The number of nitrogens with zero attached hydrogens (tertiary/aromatic N) is 2. The first-order valence-electron chi connectivity index (χ1n) is 9.26. The molecule has 0 amide bonds. The van der Waals surface area contributed by atoms with E-state index in [0.717, 1.165) is 46.9 Å². The first kappa shape index (κ1) is 17.8. The van der Waals surface area contributed by atoms with Gasteiger partial charge in [0, 0.05) is 28.6 Å². The van der Waals surface area contributed by atoms with E-state index < -0.39 is 0 Å². The van der Waals surface area contributed by atoms with Gasteiger partial charge >= 0.3 is 0 Å². The number of phenols is 1. The van der Waals surface area contributed by atoms with E-state index in [-0.39, 0.29) is 0 Å². The molecule has 0 fully saturated rings. The van der Waals surface area contributed by atoms with E-state index in [4.69, 9.17) is 4.98 Å². The molecule has 2 heterocycles. The van der Waals surface area contributed by atoms with E-state index in [1.165, 1.54) is 10.8 Å². The zero-order chi connectivity index (χ0) is 18.8. The summed E-state index contributed by atoms with van der Waals surface area (Å²) in [5.41, 5.74) is 2.84. The van der Waals surface area contributed by atoms with E-state index in [9.17, 15) is 5.11 Å². The molecular formula is C22H23N3OS. The Morgan fingerprint density at radius 3 is 2.67 bits per heavy atom. The lowest BCUT2D eigenvalue weighted by atomic mass is 10.1. The van der Waals surface area contributed by atoms with Gasteiger partial charge in [0.1, 0.15) is 11.6 Å². The predicted molar refractivity (Wildman–Crippen MR) is 115 cm³/mol. The summed E-state index contributed by atoms with van der Waals surface area (Å²) in [5, 5.41) is 18.2. The third-order valence-corrected chi connectivity index (χ3v) is 5.86. The summed E-state index contributed by atoms with van der Waals surface area (Å²) in [6, 6.07) is 16.0. The number of para-hydroxylation sites is 1. The Hall–Kier alpha value is -2.63. The van der Waals surface area contributed by atoms with Crippen LogP contribution < -0.4 is 5.32 Å². The zero-order valence-electron chi connectivity index (χ0n) is 15.6. The second-order valence-electron chi connectivity index (χ2n) is 6.57. The number of phenolic OH excluding ortho intramolecular Hbond substituents is 1. The van der Waals surface area contributed by atoms with Gasteiger partial charge < -0.3 is 10.4 Å². The number of pyridine rings is 1. The molecule has 0 aliphatic rings. The molecule has 0 bridgehead atoms. The molecule has 0 spiro atoms. The number of aromatic nitrogens is 1. The molecule has 5 heteroatoms. The summed E-state index contributed by atoms with van der Waals surface area (Å²) in [7, 11) is 0. The molecule has 0 aliphatic heterocycles. The lowest BCUT2D eigenvalue weighted by Gasteiger charge is -2.19. The second-order valence-corrected chi connectivity index (χ2v) is 7.49. The molecule has 27 heavy (non-hydrogen) atoms. The maximum atomic E-state index is 10.3. The molecule has 0 radical (unpaired) electrons. The highest BCUT2D eigenvalue weighted by Gasteiger charge is 2.12. The van der Waals surface area contributed by atoms with Gasteiger partial charge in [0.15, 0.2) is 0 Å². The van der Waals surface area contributed by atoms with Crippen molar-refractivity contribution in [2.24, 2.45) is 0 Å². The van der Waals surface area contributed by atoms with Crippen LogP contribution in [0.2, 0.25) is 0 Å². The van der Waals surface area contributed by atoms with Crippen molar-refractivity contribution in [1.29, 1.82) is 0 Å². The number of anilines is 2. The van der Waals surface area contributed by atoms with Crippen molar-refractivity contribution < 1.29 is 5.11 Å². The average molecular weight is 378 g/mol. The fourth-order valence-corrected chi connectivity index (χ4v) is 4.23. The van der Waals surface area contributed by atoms with E-state index in [0.29, 0.717) is 5.75 Å². The van der Waals surface area contributed by atoms with Crippen molar-refractivity contribution in [3.63, 3.8) is 0 Å². The lowest BCUT2D eigenvalue weighted by molar-refractivity contribution is 0.291. The van der Waals surface area contributed by atoms with Crippen molar-refractivity contribution in [3.8, 4) is 5.75 Å². The molecule has 4 nitrogen and oxygen atoms in total. The second kappa shape index (κ2) is 7.55. The number of thiophene rings is 1. The van der Waals surface area contributed by atoms with Crippen LogP contribution in [0.1, 0.15) is 19.4 Å². The first-order chi connectivity index (χ1) is 13.2. The Morgan fingerprint density at radius 1 is 1.04 bits per heavy atom. The number of rotatable bonds is 6. The van der Waals surface area contributed by atoms with Gasteiger partial charge in [-0.05, 0) is 48.8 Å². The molecule has 2 N–H and O–H groups in total. The fraction of sp³-hybridized carbons (Fsp3) is 0.227. The summed E-state index contributed by atoms with van der Waals surface area (Å²) < 4.78 is 1.15. The van der Waals surface area contributed by atoms with Gasteiger partial charge in [-0.15, -0.1) is 11.3 Å². The van der Waals surface area contributed by atoms with Gasteiger partial charge in [-0.25, -0.2) is 4.98 Å². The number of benzene rings is 2. The smallest absolute Gasteiger partial charge is 0.149 e. The Morgan fingerprint density at radius 2 is 1.85 bits per heavy atom. The van der Waals surface area contributed by atoms with Crippen LogP contribution in [0, 0.1) is 0 Å². The van der Waals surface area contributed by atoms with Gasteiger partial charge in [0.25, 0.3) is 0 Å². The Balaban J connectivity index is 1.72. The quantitative estimate of drug-likeness (QED) is 0.421. The van der Waals surface area contributed by atoms with E-state index in [1.807, 2.05) is 30.3 Å². The van der Waals surface area contributed by atoms with Crippen LogP contribution >= 0.6 is 11.3 Å². The molecule has 0 saturated carbocycles. The van der Waals surface area contributed by atoms with Gasteiger partial charge in [0.05, 0.1) is 10.2 Å². The minimum absolute atomic E-state index is 0.334. The minimum atomic E-state index is 0.334. The molecule has 0 atom stereocenters. The van der Waals surface area contributed by atoms with Gasteiger partial charge in [-0.3, -0.25) is 4.90 Å². The minimum Gasteiger partial charge on any atom is -0.508 e. The van der Waals surface area contributed by atoms with Gasteiger partial charge in [-0.2, -0.15) is 0 Å². The highest BCUT2D eigenvalue weighted by Crippen LogP contribution is 2.35. The lowest BCUT2D eigenvalue weighted by Crippen LogP contribution is -2.22. The normalized spacial score (nSPS) is 11.5. The Kier molecular flexibility index (Phi) is 4.97. The number of nitrogens with one attached hydrogen (secondary N) is 1. The fourth-order valence-electron chi connectivity index (χ4n) is 3.37. The summed E-state index contributed by atoms with van der Waals surface area (Å²) in [6.07, 6.45) is 0. The van der Waals surface area contributed by atoms with E-state index >= 15 is 0 Å². The number of aromatic hydroxyl groups is 1. The van der Waals surface area contributed by atoms with Crippen LogP contribution in [-0.2, 0) is 6.54 Å². The van der Waals surface area contributed by atoms with Crippen LogP contribution in [0.25, 0.3) is 21.0 Å². The average Bonchev–Trinajstić information content (AvgIpc) is 3.19. The maximum Gasteiger partial charge on any atom is 0.149 e. The zero-order valence-corrected chi connectivity index (χ0v) is 16.4. The molecule has 2 aromatic carbocycles. The van der Waals surface area contributed by atoms with Crippen molar-refractivity contribution in [3.05, 3.63) is 59.5 Å². The monoisotopic (exact) mass is 377 g/mol. The van der Waals surface area contributed by atoms with Crippen molar-refractivity contribution in [2.75, 3.05) is 18.4 Å². The SMILES string of the molecule is CCN(CC)Cc1cc(Nc2nc3ccccc3c3ccsc23)ccc1O. The molecular weight excluding hydrogens is 354 g/mol.